The summed E-state index contributed by atoms with van der Waals surface area (Å²) < 4.78 is 12.9. The molecule has 2 N–H and O–H groups in total. The molecule has 1 unspecified atom stereocenters. The third-order valence-corrected chi connectivity index (χ3v) is 4.91. The van der Waals surface area contributed by atoms with Crippen LogP contribution in [0.5, 0.6) is 0 Å². The molecule has 2 fully saturated rings. The van der Waals surface area contributed by atoms with Crippen molar-refractivity contribution in [3.8, 4) is 0 Å². The highest BCUT2D eigenvalue weighted by molar-refractivity contribution is 5.94. The first-order chi connectivity index (χ1) is 12.1. The van der Waals surface area contributed by atoms with Crippen molar-refractivity contribution in [3.63, 3.8) is 0 Å². The molecule has 7 heteroatoms. The van der Waals surface area contributed by atoms with Crippen LogP contribution in [-0.4, -0.2) is 73.5 Å². The zero-order valence-corrected chi connectivity index (χ0v) is 14.3. The van der Waals surface area contributed by atoms with Crippen molar-refractivity contribution >= 4 is 11.8 Å². The Hall–Kier alpha value is -1.99. The summed E-state index contributed by atoms with van der Waals surface area (Å²) in [6, 6.07) is 5.83. The molecule has 1 atom stereocenters. The van der Waals surface area contributed by atoms with Gasteiger partial charge in [0.2, 0.25) is 5.91 Å². The van der Waals surface area contributed by atoms with E-state index in [1.54, 1.807) is 0 Å². The van der Waals surface area contributed by atoms with E-state index < -0.39 is 0 Å². The second kappa shape index (κ2) is 8.40. The summed E-state index contributed by atoms with van der Waals surface area (Å²) in [5, 5.41) is 6.06. The second-order valence-electron chi connectivity index (χ2n) is 6.58. The summed E-state index contributed by atoms with van der Waals surface area (Å²) in [6.07, 6.45) is 1.31. The first-order valence-corrected chi connectivity index (χ1v) is 8.90. The molecule has 2 aliphatic rings. The van der Waals surface area contributed by atoms with Crippen LogP contribution in [0.4, 0.5) is 4.39 Å². The average Bonchev–Trinajstić information content (AvgIpc) is 3.13. The molecule has 2 saturated heterocycles. The fraction of sp³-hybridized carbons (Fsp3) is 0.556. The maximum Gasteiger partial charge on any atom is 0.251 e. The van der Waals surface area contributed by atoms with Gasteiger partial charge in [-0.1, -0.05) is 0 Å². The highest BCUT2D eigenvalue weighted by Crippen LogP contribution is 2.16. The number of rotatable bonds is 5. The summed E-state index contributed by atoms with van der Waals surface area (Å²) in [5.41, 5.74) is 0.397. The molecule has 2 aliphatic heterocycles. The van der Waals surface area contributed by atoms with E-state index in [4.69, 9.17) is 0 Å². The third-order valence-electron chi connectivity index (χ3n) is 4.91. The van der Waals surface area contributed by atoms with E-state index in [0.29, 0.717) is 24.6 Å². The number of halogens is 1. The number of hydrogen-bond donors (Lipinski definition) is 2. The topological polar surface area (TPSA) is 64.7 Å². The number of nitrogens with one attached hydrogen (secondary N) is 2. The molecule has 3 rings (SSSR count). The molecule has 136 valence electrons. The van der Waals surface area contributed by atoms with Gasteiger partial charge in [0.05, 0.1) is 0 Å². The van der Waals surface area contributed by atoms with Crippen molar-refractivity contribution in [2.24, 2.45) is 0 Å². The van der Waals surface area contributed by atoms with E-state index in [1.807, 2.05) is 4.90 Å². The first-order valence-electron chi connectivity index (χ1n) is 8.90. The lowest BCUT2D eigenvalue weighted by molar-refractivity contribution is -0.130. The lowest BCUT2D eigenvalue weighted by Crippen LogP contribution is -2.49. The van der Waals surface area contributed by atoms with E-state index in [0.717, 1.165) is 45.7 Å². The van der Waals surface area contributed by atoms with E-state index in [-0.39, 0.29) is 17.6 Å². The van der Waals surface area contributed by atoms with E-state index >= 15 is 0 Å². The van der Waals surface area contributed by atoms with E-state index in [2.05, 4.69) is 15.5 Å². The Morgan fingerprint density at radius 3 is 2.60 bits per heavy atom. The van der Waals surface area contributed by atoms with Crippen LogP contribution in [0.2, 0.25) is 0 Å². The van der Waals surface area contributed by atoms with Gasteiger partial charge in [-0.15, -0.1) is 0 Å². The molecule has 0 saturated carbocycles. The summed E-state index contributed by atoms with van der Waals surface area (Å²) in [4.78, 5) is 28.6. The molecular weight excluding hydrogens is 323 g/mol. The Bertz CT molecular complexity index is 602. The average molecular weight is 348 g/mol. The number of amides is 2. The number of carbonyl (C=O) groups is 2. The second-order valence-corrected chi connectivity index (χ2v) is 6.58. The van der Waals surface area contributed by atoms with Gasteiger partial charge in [-0.05, 0) is 30.7 Å². The quantitative estimate of drug-likeness (QED) is 0.811. The highest BCUT2D eigenvalue weighted by atomic mass is 19.1. The zero-order valence-electron chi connectivity index (χ0n) is 14.3. The Morgan fingerprint density at radius 2 is 1.88 bits per heavy atom. The predicted molar refractivity (Wildman–Crippen MR) is 92.8 cm³/mol. The minimum absolute atomic E-state index is 0.0806. The van der Waals surface area contributed by atoms with Gasteiger partial charge in [0, 0.05) is 63.8 Å². The van der Waals surface area contributed by atoms with Crippen molar-refractivity contribution in [2.45, 2.75) is 18.9 Å². The van der Waals surface area contributed by atoms with Crippen molar-refractivity contribution in [1.82, 2.24) is 20.4 Å². The van der Waals surface area contributed by atoms with Crippen LogP contribution in [0.3, 0.4) is 0 Å². The summed E-state index contributed by atoms with van der Waals surface area (Å²) in [5.74, 6) is -0.579. The summed E-state index contributed by atoms with van der Waals surface area (Å²) >= 11 is 0. The number of carbonyl (C=O) groups excluding carboxylic acids is 2. The molecule has 6 nitrogen and oxygen atoms in total. The normalized spacial score (nSPS) is 21.3. The molecular formula is C18H25FN4O2. The van der Waals surface area contributed by atoms with Gasteiger partial charge in [-0.3, -0.25) is 14.5 Å². The molecule has 2 heterocycles. The minimum atomic E-state index is -0.375. The monoisotopic (exact) mass is 348 g/mol. The molecule has 0 spiro atoms. The van der Waals surface area contributed by atoms with Crippen LogP contribution in [0, 0.1) is 5.82 Å². The first kappa shape index (κ1) is 17.8. The summed E-state index contributed by atoms with van der Waals surface area (Å²) in [6.45, 7) is 5.98. The molecule has 1 aromatic rings. The molecule has 1 aromatic carbocycles. The summed E-state index contributed by atoms with van der Waals surface area (Å²) in [7, 11) is 0. The Labute approximate surface area is 147 Å². The number of benzene rings is 1. The van der Waals surface area contributed by atoms with E-state index in [9.17, 15) is 14.0 Å². The van der Waals surface area contributed by atoms with Gasteiger partial charge in [-0.2, -0.15) is 0 Å². The van der Waals surface area contributed by atoms with E-state index in [1.165, 1.54) is 24.3 Å². The number of nitrogens with zero attached hydrogens (tertiary/aromatic N) is 2. The van der Waals surface area contributed by atoms with Crippen LogP contribution < -0.4 is 10.6 Å². The van der Waals surface area contributed by atoms with Crippen molar-refractivity contribution in [2.75, 3.05) is 45.8 Å². The third kappa shape index (κ3) is 4.76. The lowest BCUT2D eigenvalue weighted by Gasteiger charge is -2.32. The fourth-order valence-corrected chi connectivity index (χ4v) is 3.46. The maximum absolute atomic E-state index is 12.9. The van der Waals surface area contributed by atoms with Crippen molar-refractivity contribution < 1.29 is 14.0 Å². The smallest absolute Gasteiger partial charge is 0.251 e. The Morgan fingerprint density at radius 1 is 1.16 bits per heavy atom. The maximum atomic E-state index is 12.9. The van der Waals surface area contributed by atoms with Crippen LogP contribution in [0.15, 0.2) is 24.3 Å². The predicted octanol–water partition coefficient (Wildman–Crippen LogP) is 0.452. The standard InChI is InChI=1S/C18H25FN4O2/c19-15-3-1-14(2-4-15)18(25)21-7-5-17(24)23-10-6-16(13-23)22-11-8-20-9-12-22/h1-4,16,20H,5-13H2,(H,21,25). The highest BCUT2D eigenvalue weighted by Gasteiger charge is 2.30. The Balaban J connectivity index is 1.39. The lowest BCUT2D eigenvalue weighted by atomic mass is 10.2. The van der Waals surface area contributed by atoms with Crippen LogP contribution in [0.1, 0.15) is 23.2 Å². The number of piperazine rings is 1. The van der Waals surface area contributed by atoms with Gasteiger partial charge in [0.1, 0.15) is 5.82 Å². The van der Waals surface area contributed by atoms with Gasteiger partial charge >= 0.3 is 0 Å². The minimum Gasteiger partial charge on any atom is -0.352 e. The largest absolute Gasteiger partial charge is 0.352 e. The molecule has 0 bridgehead atoms. The molecule has 0 radical (unpaired) electrons. The Kier molecular flexibility index (Phi) is 5.99. The van der Waals surface area contributed by atoms with Crippen LogP contribution in [-0.2, 0) is 4.79 Å². The molecule has 2 amide bonds. The van der Waals surface area contributed by atoms with Gasteiger partial charge in [0.25, 0.3) is 5.91 Å². The molecule has 0 aliphatic carbocycles. The fourth-order valence-electron chi connectivity index (χ4n) is 3.46. The molecule has 0 aromatic heterocycles. The number of hydrogen-bond acceptors (Lipinski definition) is 4. The van der Waals surface area contributed by atoms with Crippen LogP contribution >= 0.6 is 0 Å². The molecule has 25 heavy (non-hydrogen) atoms. The SMILES string of the molecule is O=C(NCCC(=O)N1CCC(N2CCNCC2)C1)c1ccc(F)cc1. The number of likely N-dealkylation sites (tertiary alicyclic amines) is 1. The van der Waals surface area contributed by atoms with Gasteiger partial charge < -0.3 is 15.5 Å². The van der Waals surface area contributed by atoms with Crippen molar-refractivity contribution in [3.05, 3.63) is 35.6 Å². The van der Waals surface area contributed by atoms with Gasteiger partial charge in [-0.25, -0.2) is 4.39 Å². The zero-order chi connectivity index (χ0) is 17.6. The van der Waals surface area contributed by atoms with Crippen molar-refractivity contribution in [1.29, 1.82) is 0 Å². The van der Waals surface area contributed by atoms with Gasteiger partial charge in [0.15, 0.2) is 0 Å². The van der Waals surface area contributed by atoms with Crippen LogP contribution in [0.25, 0.3) is 0 Å².